The molecule has 1 aliphatic rings. The highest BCUT2D eigenvalue weighted by molar-refractivity contribution is 8.00. The summed E-state index contributed by atoms with van der Waals surface area (Å²) in [6, 6.07) is 12.8. The van der Waals surface area contributed by atoms with Crippen LogP contribution in [0.25, 0.3) is 0 Å². The number of carbonyl (C=O) groups excluding carboxylic acids is 2. The summed E-state index contributed by atoms with van der Waals surface area (Å²) in [7, 11) is 0. The Bertz CT molecular complexity index is 820. The maximum Gasteiger partial charge on any atom is 0.335 e. The van der Waals surface area contributed by atoms with Gasteiger partial charge in [0.15, 0.2) is 0 Å². The molecule has 122 valence electrons. The highest BCUT2D eigenvalue weighted by Crippen LogP contribution is 2.36. The first-order valence-corrected chi connectivity index (χ1v) is 8.06. The van der Waals surface area contributed by atoms with E-state index in [0.29, 0.717) is 11.4 Å². The molecule has 2 aromatic rings. The summed E-state index contributed by atoms with van der Waals surface area (Å²) in [6.07, 6.45) is 0.0819. The summed E-state index contributed by atoms with van der Waals surface area (Å²) in [5.41, 5.74) is 6.92. The normalized spacial score (nSPS) is 17.3. The van der Waals surface area contributed by atoms with Gasteiger partial charge in [0.25, 0.3) is 0 Å². The fourth-order valence-electron chi connectivity index (χ4n) is 2.46. The lowest BCUT2D eigenvalue weighted by molar-refractivity contribution is -0.121. The Kier molecular flexibility index (Phi) is 4.26. The van der Waals surface area contributed by atoms with Crippen molar-refractivity contribution in [2.75, 3.05) is 10.6 Å². The van der Waals surface area contributed by atoms with Gasteiger partial charge in [0.1, 0.15) is 0 Å². The number of nitrogens with zero attached hydrogens (tertiary/aromatic N) is 1. The van der Waals surface area contributed by atoms with Crippen molar-refractivity contribution in [3.63, 3.8) is 0 Å². The lowest BCUT2D eigenvalue weighted by Crippen LogP contribution is -2.31. The lowest BCUT2D eigenvalue weighted by atomic mass is 10.2. The van der Waals surface area contributed by atoms with Crippen LogP contribution in [0.2, 0.25) is 0 Å². The van der Waals surface area contributed by atoms with E-state index in [0.717, 1.165) is 9.80 Å². The molecule has 24 heavy (non-hydrogen) atoms. The van der Waals surface area contributed by atoms with Crippen molar-refractivity contribution >= 4 is 40.9 Å². The fourth-order valence-corrected chi connectivity index (χ4v) is 3.56. The van der Waals surface area contributed by atoms with Gasteiger partial charge in [0.05, 0.1) is 16.5 Å². The molecular weight excluding hydrogens is 328 g/mol. The number of anilines is 2. The maximum absolute atomic E-state index is 12.6. The lowest BCUT2D eigenvalue weighted by Gasteiger charge is -2.15. The number of carboxylic acid groups (broad SMARTS) is 1. The second-order valence-electron chi connectivity index (χ2n) is 5.27. The van der Waals surface area contributed by atoms with E-state index in [1.54, 1.807) is 12.1 Å². The number of thioether (sulfide) groups is 1. The number of carboxylic acids is 1. The van der Waals surface area contributed by atoms with Crippen molar-refractivity contribution in [1.29, 1.82) is 0 Å². The predicted octanol–water partition coefficient (Wildman–Crippen LogP) is 2.39. The van der Waals surface area contributed by atoms with Gasteiger partial charge in [0, 0.05) is 17.0 Å². The fraction of sp³-hybridized carbons (Fsp3) is 0.118. The summed E-state index contributed by atoms with van der Waals surface area (Å²) < 4.78 is 0. The Labute approximate surface area is 142 Å². The van der Waals surface area contributed by atoms with E-state index in [4.69, 9.17) is 10.8 Å². The number of amides is 2. The molecule has 1 saturated heterocycles. The largest absolute Gasteiger partial charge is 0.478 e. The highest BCUT2D eigenvalue weighted by Gasteiger charge is 2.40. The van der Waals surface area contributed by atoms with Gasteiger partial charge in [-0.3, -0.25) is 9.59 Å². The summed E-state index contributed by atoms with van der Waals surface area (Å²) >= 11 is 1.26. The minimum absolute atomic E-state index is 0.0819. The van der Waals surface area contributed by atoms with Gasteiger partial charge >= 0.3 is 5.97 Å². The number of nitrogen functional groups attached to an aromatic ring is 1. The monoisotopic (exact) mass is 342 g/mol. The van der Waals surface area contributed by atoms with Crippen molar-refractivity contribution in [3.8, 4) is 0 Å². The second-order valence-corrected chi connectivity index (χ2v) is 6.51. The first-order chi connectivity index (χ1) is 11.5. The summed E-state index contributed by atoms with van der Waals surface area (Å²) in [5, 5.41) is 8.37. The average molecular weight is 342 g/mol. The Morgan fingerprint density at radius 2 is 1.79 bits per heavy atom. The van der Waals surface area contributed by atoms with E-state index < -0.39 is 11.2 Å². The molecule has 7 heteroatoms. The van der Waals surface area contributed by atoms with Crippen LogP contribution in [-0.2, 0) is 9.59 Å². The molecule has 1 aliphatic heterocycles. The van der Waals surface area contributed by atoms with Crippen molar-refractivity contribution in [1.82, 2.24) is 0 Å². The first-order valence-electron chi connectivity index (χ1n) is 7.18. The third-order valence-electron chi connectivity index (χ3n) is 3.67. The van der Waals surface area contributed by atoms with Crippen LogP contribution in [0.15, 0.2) is 53.4 Å². The van der Waals surface area contributed by atoms with Crippen molar-refractivity contribution in [3.05, 3.63) is 54.1 Å². The third kappa shape index (κ3) is 2.98. The summed E-state index contributed by atoms with van der Waals surface area (Å²) in [6.45, 7) is 0. The molecule has 3 rings (SSSR count). The van der Waals surface area contributed by atoms with E-state index in [9.17, 15) is 14.4 Å². The molecule has 1 atom stereocenters. The van der Waals surface area contributed by atoms with Crippen LogP contribution in [-0.4, -0.2) is 28.1 Å². The van der Waals surface area contributed by atoms with Gasteiger partial charge in [-0.15, -0.1) is 11.8 Å². The zero-order valence-electron chi connectivity index (χ0n) is 12.5. The number of benzene rings is 2. The zero-order chi connectivity index (χ0) is 17.3. The Morgan fingerprint density at radius 1 is 1.12 bits per heavy atom. The molecule has 3 N–H and O–H groups in total. The molecule has 0 bridgehead atoms. The minimum Gasteiger partial charge on any atom is -0.478 e. The van der Waals surface area contributed by atoms with Crippen LogP contribution < -0.4 is 10.6 Å². The van der Waals surface area contributed by atoms with E-state index in [2.05, 4.69) is 0 Å². The molecule has 0 aromatic heterocycles. The number of imide groups is 1. The molecule has 0 saturated carbocycles. The van der Waals surface area contributed by atoms with Gasteiger partial charge < -0.3 is 10.8 Å². The molecule has 1 unspecified atom stereocenters. The van der Waals surface area contributed by atoms with Crippen molar-refractivity contribution in [2.45, 2.75) is 16.6 Å². The zero-order valence-corrected chi connectivity index (χ0v) is 13.3. The van der Waals surface area contributed by atoms with E-state index in [-0.39, 0.29) is 23.8 Å². The molecule has 1 heterocycles. The van der Waals surface area contributed by atoms with E-state index >= 15 is 0 Å². The number of hydrogen-bond acceptors (Lipinski definition) is 5. The third-order valence-corrected chi connectivity index (χ3v) is 4.94. The van der Waals surface area contributed by atoms with E-state index in [1.807, 2.05) is 12.1 Å². The molecule has 1 fully saturated rings. The van der Waals surface area contributed by atoms with Crippen LogP contribution in [0, 0.1) is 0 Å². The molecule has 2 aromatic carbocycles. The molecule has 2 amide bonds. The van der Waals surface area contributed by atoms with Gasteiger partial charge in [-0.1, -0.05) is 12.1 Å². The Balaban J connectivity index is 1.81. The van der Waals surface area contributed by atoms with Crippen LogP contribution in [0.4, 0.5) is 11.4 Å². The summed E-state index contributed by atoms with van der Waals surface area (Å²) in [5.74, 6) is -1.69. The number of para-hydroxylation sites is 1. The van der Waals surface area contributed by atoms with Gasteiger partial charge in [0.2, 0.25) is 11.8 Å². The molecular formula is C17H14N2O4S. The SMILES string of the molecule is Nc1ccccc1SC1CC(=O)N(c2ccc(C(=O)O)cc2)C1=O. The number of hydrogen-bond donors (Lipinski definition) is 2. The van der Waals surface area contributed by atoms with Crippen LogP contribution >= 0.6 is 11.8 Å². The maximum atomic E-state index is 12.6. The smallest absolute Gasteiger partial charge is 0.335 e. The minimum atomic E-state index is -1.06. The van der Waals surface area contributed by atoms with Crippen molar-refractivity contribution in [2.24, 2.45) is 0 Å². The quantitative estimate of drug-likeness (QED) is 0.653. The van der Waals surface area contributed by atoms with Crippen molar-refractivity contribution < 1.29 is 19.5 Å². The number of rotatable bonds is 4. The highest BCUT2D eigenvalue weighted by atomic mass is 32.2. The summed E-state index contributed by atoms with van der Waals surface area (Å²) in [4.78, 5) is 37.6. The van der Waals surface area contributed by atoms with Crippen LogP contribution in [0.5, 0.6) is 0 Å². The van der Waals surface area contributed by atoms with Crippen LogP contribution in [0.3, 0.4) is 0 Å². The van der Waals surface area contributed by atoms with Crippen LogP contribution in [0.1, 0.15) is 16.8 Å². The topological polar surface area (TPSA) is 101 Å². The average Bonchev–Trinajstić information content (AvgIpc) is 2.84. The number of aromatic carboxylic acids is 1. The second kappa shape index (κ2) is 6.37. The molecule has 0 radical (unpaired) electrons. The molecule has 0 aliphatic carbocycles. The number of nitrogens with two attached hydrogens (primary N) is 1. The Morgan fingerprint density at radius 3 is 2.42 bits per heavy atom. The Hall–Kier alpha value is -2.80. The van der Waals surface area contributed by atoms with Gasteiger partial charge in [-0.25, -0.2) is 9.69 Å². The predicted molar refractivity (Wildman–Crippen MR) is 91.0 cm³/mol. The number of carbonyl (C=O) groups is 3. The van der Waals surface area contributed by atoms with E-state index in [1.165, 1.54) is 36.0 Å². The molecule has 6 nitrogen and oxygen atoms in total. The first kappa shape index (κ1) is 16.1. The standard InChI is InChI=1S/C17H14N2O4S/c18-12-3-1-2-4-13(12)24-14-9-15(20)19(16(14)21)11-7-5-10(6-8-11)17(22)23/h1-8,14H,9,18H2,(H,22,23). The van der Waals surface area contributed by atoms with Gasteiger partial charge in [-0.2, -0.15) is 0 Å². The molecule has 0 spiro atoms. The van der Waals surface area contributed by atoms with Gasteiger partial charge in [-0.05, 0) is 36.4 Å².